The second kappa shape index (κ2) is 8.03. The van der Waals surface area contributed by atoms with Crippen molar-refractivity contribution >= 4 is 22.7 Å². The van der Waals surface area contributed by atoms with E-state index in [1.165, 1.54) is 12.1 Å². The number of halogens is 3. The number of benzene rings is 1. The van der Waals surface area contributed by atoms with Crippen molar-refractivity contribution in [1.82, 2.24) is 19.7 Å². The molecule has 0 saturated carbocycles. The second-order valence-electron chi connectivity index (χ2n) is 5.85. The van der Waals surface area contributed by atoms with Crippen LogP contribution in [-0.2, 0) is 4.79 Å². The number of carboxylic acid groups (broad SMARTS) is 1. The highest BCUT2D eigenvalue weighted by atomic mass is 19.4. The summed E-state index contributed by atoms with van der Waals surface area (Å²) >= 11 is 0. The van der Waals surface area contributed by atoms with Crippen LogP contribution in [0.25, 0.3) is 27.8 Å². The molecule has 4 rings (SSSR count). The average molecular weight is 419 g/mol. The topological polar surface area (TPSA) is 127 Å². The zero-order valence-corrected chi connectivity index (χ0v) is 14.9. The molecule has 3 aromatic heterocycles. The van der Waals surface area contributed by atoms with Gasteiger partial charge in [0.1, 0.15) is 5.65 Å². The molecule has 0 radical (unpaired) electrons. The number of alkyl halides is 3. The van der Waals surface area contributed by atoms with E-state index in [0.29, 0.717) is 0 Å². The quantitative estimate of drug-likeness (QED) is 0.382. The summed E-state index contributed by atoms with van der Waals surface area (Å²) in [6.45, 7) is 0. The van der Waals surface area contributed by atoms with Gasteiger partial charge in [-0.3, -0.25) is 10.1 Å². The zero-order chi connectivity index (χ0) is 21.9. The predicted molar refractivity (Wildman–Crippen MR) is 99.0 cm³/mol. The van der Waals surface area contributed by atoms with Gasteiger partial charge in [-0.15, -0.1) is 0 Å². The lowest BCUT2D eigenvalue weighted by atomic mass is 10.1. The van der Waals surface area contributed by atoms with Crippen LogP contribution in [0.15, 0.2) is 61.2 Å². The SMILES string of the molecule is O=C(O)C(F)(F)F.O=[N+]([O-])c1ccc(-c2cnn(-c3ccnc4[nH]ccc34)c2)cc1. The first-order valence-corrected chi connectivity index (χ1v) is 8.19. The molecule has 0 spiro atoms. The van der Waals surface area contributed by atoms with Crippen LogP contribution >= 0.6 is 0 Å². The molecule has 154 valence electrons. The highest BCUT2D eigenvalue weighted by Gasteiger charge is 2.38. The van der Waals surface area contributed by atoms with Crippen molar-refractivity contribution in [2.45, 2.75) is 6.18 Å². The Hall–Kier alpha value is -4.22. The van der Waals surface area contributed by atoms with Gasteiger partial charge in [0.05, 0.1) is 16.8 Å². The number of nitro groups is 1. The number of pyridine rings is 1. The van der Waals surface area contributed by atoms with Crippen molar-refractivity contribution in [2.24, 2.45) is 0 Å². The van der Waals surface area contributed by atoms with Gasteiger partial charge in [-0.25, -0.2) is 14.5 Å². The Bertz CT molecular complexity index is 1200. The van der Waals surface area contributed by atoms with Gasteiger partial charge < -0.3 is 10.1 Å². The largest absolute Gasteiger partial charge is 0.490 e. The Balaban J connectivity index is 0.000000318. The fourth-order valence-corrected chi connectivity index (χ4v) is 2.53. The fraction of sp³-hybridized carbons (Fsp3) is 0.0556. The Morgan fingerprint density at radius 2 is 1.80 bits per heavy atom. The third-order valence-electron chi connectivity index (χ3n) is 3.92. The highest BCUT2D eigenvalue weighted by Crippen LogP contribution is 2.25. The molecule has 0 aliphatic heterocycles. The lowest BCUT2D eigenvalue weighted by Gasteiger charge is -2.02. The Kier molecular flexibility index (Phi) is 5.49. The molecule has 12 heteroatoms. The van der Waals surface area contributed by atoms with E-state index >= 15 is 0 Å². The van der Waals surface area contributed by atoms with Crippen molar-refractivity contribution in [3.63, 3.8) is 0 Å². The summed E-state index contributed by atoms with van der Waals surface area (Å²) in [4.78, 5) is 26.5. The molecular formula is C18H12F3N5O4. The van der Waals surface area contributed by atoms with Crippen LogP contribution in [0.1, 0.15) is 0 Å². The summed E-state index contributed by atoms with van der Waals surface area (Å²) in [6.07, 6.45) is 2.10. The van der Waals surface area contributed by atoms with Crippen LogP contribution < -0.4 is 0 Å². The molecule has 0 aliphatic rings. The van der Waals surface area contributed by atoms with Crippen LogP contribution in [0.2, 0.25) is 0 Å². The van der Waals surface area contributed by atoms with Gasteiger partial charge in [-0.1, -0.05) is 0 Å². The lowest BCUT2D eigenvalue weighted by molar-refractivity contribution is -0.384. The maximum atomic E-state index is 10.7. The Morgan fingerprint density at radius 1 is 1.13 bits per heavy atom. The van der Waals surface area contributed by atoms with Gasteiger partial charge in [0.2, 0.25) is 0 Å². The molecule has 9 nitrogen and oxygen atoms in total. The minimum Gasteiger partial charge on any atom is -0.475 e. The van der Waals surface area contributed by atoms with Crippen molar-refractivity contribution in [1.29, 1.82) is 0 Å². The minimum atomic E-state index is -5.08. The summed E-state index contributed by atoms with van der Waals surface area (Å²) < 4.78 is 33.5. The van der Waals surface area contributed by atoms with Gasteiger partial charge in [-0.05, 0) is 29.8 Å². The molecule has 3 heterocycles. The number of hydrogen-bond acceptors (Lipinski definition) is 5. The standard InChI is InChI=1S/C16H11N5O2.C2HF3O2/c22-21(23)13-3-1-11(2-4-13)12-9-19-20(10-12)15-6-8-18-16-14(15)5-7-17-16;3-2(4,5)1(6)7/h1-10H,(H,17,18);(H,6,7). The number of nitrogens with one attached hydrogen (secondary N) is 1. The lowest BCUT2D eigenvalue weighted by Crippen LogP contribution is -2.21. The molecule has 0 amide bonds. The number of nitro benzene ring substituents is 1. The number of rotatable bonds is 3. The number of aromatic nitrogens is 4. The maximum Gasteiger partial charge on any atom is 0.490 e. The van der Waals surface area contributed by atoms with Crippen LogP contribution in [0.4, 0.5) is 18.9 Å². The summed E-state index contributed by atoms with van der Waals surface area (Å²) in [7, 11) is 0. The van der Waals surface area contributed by atoms with E-state index < -0.39 is 17.1 Å². The van der Waals surface area contributed by atoms with E-state index in [4.69, 9.17) is 9.90 Å². The highest BCUT2D eigenvalue weighted by molar-refractivity contribution is 5.84. The number of carboxylic acids is 1. The average Bonchev–Trinajstić information content (AvgIpc) is 3.37. The summed E-state index contributed by atoms with van der Waals surface area (Å²) in [5.41, 5.74) is 3.56. The van der Waals surface area contributed by atoms with E-state index in [9.17, 15) is 23.3 Å². The van der Waals surface area contributed by atoms with E-state index in [0.717, 1.165) is 27.8 Å². The summed E-state index contributed by atoms with van der Waals surface area (Å²) in [5, 5.41) is 23.2. The fourth-order valence-electron chi connectivity index (χ4n) is 2.53. The van der Waals surface area contributed by atoms with E-state index in [1.54, 1.807) is 29.2 Å². The van der Waals surface area contributed by atoms with Crippen LogP contribution in [0.5, 0.6) is 0 Å². The molecule has 0 atom stereocenters. The van der Waals surface area contributed by atoms with Crippen LogP contribution in [0.3, 0.4) is 0 Å². The molecular weight excluding hydrogens is 407 g/mol. The third kappa shape index (κ3) is 4.43. The molecule has 2 N–H and O–H groups in total. The molecule has 0 saturated heterocycles. The number of nitrogens with zero attached hydrogens (tertiary/aromatic N) is 4. The molecule has 1 aromatic carbocycles. The maximum absolute atomic E-state index is 10.7. The number of aromatic amines is 1. The van der Waals surface area contributed by atoms with E-state index in [2.05, 4.69) is 15.1 Å². The number of H-pyrrole nitrogens is 1. The third-order valence-corrected chi connectivity index (χ3v) is 3.92. The van der Waals surface area contributed by atoms with Crippen molar-refractivity contribution in [3.05, 3.63) is 71.3 Å². The molecule has 0 bridgehead atoms. The number of aliphatic carboxylic acids is 1. The van der Waals surface area contributed by atoms with Gasteiger partial charge in [0.15, 0.2) is 0 Å². The first kappa shape index (κ1) is 20.5. The monoisotopic (exact) mass is 419 g/mol. The van der Waals surface area contributed by atoms with Crippen molar-refractivity contribution in [3.8, 4) is 16.8 Å². The molecule has 0 aliphatic carbocycles. The minimum absolute atomic E-state index is 0.0734. The zero-order valence-electron chi connectivity index (χ0n) is 14.9. The Morgan fingerprint density at radius 3 is 2.40 bits per heavy atom. The van der Waals surface area contributed by atoms with Crippen molar-refractivity contribution in [2.75, 3.05) is 0 Å². The summed E-state index contributed by atoms with van der Waals surface area (Å²) in [6, 6.07) is 10.3. The number of carbonyl (C=O) groups is 1. The van der Waals surface area contributed by atoms with Crippen molar-refractivity contribution < 1.29 is 28.0 Å². The first-order valence-electron chi connectivity index (χ1n) is 8.19. The van der Waals surface area contributed by atoms with E-state index in [1.807, 2.05) is 24.5 Å². The smallest absolute Gasteiger partial charge is 0.475 e. The van der Waals surface area contributed by atoms with Gasteiger partial charge in [0.25, 0.3) is 5.69 Å². The van der Waals surface area contributed by atoms with E-state index in [-0.39, 0.29) is 5.69 Å². The van der Waals surface area contributed by atoms with Gasteiger partial charge in [-0.2, -0.15) is 18.3 Å². The molecule has 4 aromatic rings. The molecule has 0 unspecified atom stereocenters. The molecule has 30 heavy (non-hydrogen) atoms. The summed E-state index contributed by atoms with van der Waals surface area (Å²) in [5.74, 6) is -2.76. The predicted octanol–water partition coefficient (Wildman–Crippen LogP) is 3.96. The van der Waals surface area contributed by atoms with Crippen LogP contribution in [0, 0.1) is 10.1 Å². The number of fused-ring (bicyclic) bond motifs is 1. The number of hydrogen-bond donors (Lipinski definition) is 2. The van der Waals surface area contributed by atoms with Gasteiger partial charge in [0, 0.05) is 41.7 Å². The first-order chi connectivity index (χ1) is 14.2. The Labute approximate surface area is 165 Å². The molecule has 0 fully saturated rings. The van der Waals surface area contributed by atoms with Crippen LogP contribution in [-0.4, -0.2) is 41.9 Å². The normalized spacial score (nSPS) is 11.0. The number of non-ortho nitro benzene ring substituents is 1. The van der Waals surface area contributed by atoms with Gasteiger partial charge >= 0.3 is 12.1 Å². The second-order valence-corrected chi connectivity index (χ2v) is 5.85.